The first-order chi connectivity index (χ1) is 13.9. The summed E-state index contributed by atoms with van der Waals surface area (Å²) in [6, 6.07) is 7.04. The molecule has 7 nitrogen and oxygen atoms in total. The number of imidazole rings is 1. The van der Waals surface area contributed by atoms with Crippen LogP contribution in [-0.2, 0) is 11.8 Å². The second-order valence-electron chi connectivity index (χ2n) is 6.27. The van der Waals surface area contributed by atoms with E-state index in [0.717, 1.165) is 0 Å². The molecule has 0 saturated heterocycles. The molecule has 0 radical (unpaired) electrons. The summed E-state index contributed by atoms with van der Waals surface area (Å²) in [7, 11) is 2.79. The Labute approximate surface area is 163 Å². The van der Waals surface area contributed by atoms with Crippen molar-refractivity contribution in [2.75, 3.05) is 7.11 Å². The number of hydrogen-bond acceptors (Lipinski definition) is 5. The number of aromatic nitrogens is 4. The van der Waals surface area contributed by atoms with Crippen LogP contribution in [0, 0.1) is 11.8 Å². The van der Waals surface area contributed by atoms with Gasteiger partial charge in [0.1, 0.15) is 22.9 Å². The summed E-state index contributed by atoms with van der Waals surface area (Å²) in [5.41, 5.74) is 0.795. The minimum atomic E-state index is -0.774. The zero-order valence-corrected chi connectivity index (χ0v) is 15.4. The highest BCUT2D eigenvalue weighted by molar-refractivity contribution is 5.94. The lowest BCUT2D eigenvalue weighted by Crippen LogP contribution is -2.02. The molecule has 0 N–H and O–H groups in total. The average Bonchev–Trinajstić information content (AvgIpc) is 3.24. The van der Waals surface area contributed by atoms with Crippen molar-refractivity contribution in [2.24, 2.45) is 7.05 Å². The number of carbonyl (C=O) groups is 2. The van der Waals surface area contributed by atoms with Gasteiger partial charge in [-0.2, -0.15) is 4.39 Å². The lowest BCUT2D eigenvalue weighted by Gasteiger charge is -2.08. The number of esters is 1. The van der Waals surface area contributed by atoms with Crippen molar-refractivity contribution >= 4 is 17.9 Å². The Balaban J connectivity index is 2.01. The van der Waals surface area contributed by atoms with Crippen LogP contribution in [0.15, 0.2) is 42.7 Å². The van der Waals surface area contributed by atoms with Crippen LogP contribution >= 0.6 is 0 Å². The van der Waals surface area contributed by atoms with Crippen LogP contribution in [0.4, 0.5) is 8.78 Å². The number of aldehydes is 1. The van der Waals surface area contributed by atoms with Crippen molar-refractivity contribution < 1.29 is 23.1 Å². The molecule has 0 aliphatic heterocycles. The fourth-order valence-corrected chi connectivity index (χ4v) is 3.24. The molecule has 0 aliphatic carbocycles. The fourth-order valence-electron chi connectivity index (χ4n) is 3.24. The number of halogens is 2. The lowest BCUT2D eigenvalue weighted by molar-refractivity contribution is 0.0600. The molecule has 0 atom stereocenters. The molecule has 0 amide bonds. The van der Waals surface area contributed by atoms with E-state index < -0.39 is 17.7 Å². The van der Waals surface area contributed by atoms with E-state index in [1.165, 1.54) is 58.9 Å². The number of methoxy groups -OCH3 is 1. The van der Waals surface area contributed by atoms with Gasteiger partial charge in [-0.15, -0.1) is 5.10 Å². The summed E-state index contributed by atoms with van der Waals surface area (Å²) in [4.78, 5) is 27.9. The van der Waals surface area contributed by atoms with Crippen LogP contribution < -0.4 is 0 Å². The number of hydrogen-bond donors (Lipinski definition) is 0. The monoisotopic (exact) mass is 396 g/mol. The van der Waals surface area contributed by atoms with E-state index in [0.29, 0.717) is 6.29 Å². The van der Waals surface area contributed by atoms with Gasteiger partial charge < -0.3 is 4.74 Å². The molecule has 4 aromatic rings. The quantitative estimate of drug-likeness (QED) is 0.391. The Kier molecular flexibility index (Phi) is 4.42. The van der Waals surface area contributed by atoms with Crippen LogP contribution in [0.5, 0.6) is 0 Å². The fraction of sp³-hybridized carbons (Fsp3) is 0.100. The molecule has 0 fully saturated rings. The van der Waals surface area contributed by atoms with E-state index in [-0.39, 0.29) is 39.3 Å². The number of ether oxygens (including phenoxy) is 1. The van der Waals surface area contributed by atoms with Gasteiger partial charge in [-0.3, -0.25) is 13.9 Å². The largest absolute Gasteiger partial charge is 0.465 e. The number of aryl methyl sites for hydroxylation is 1. The zero-order valence-electron chi connectivity index (χ0n) is 15.4. The molecule has 1 aromatic carbocycles. The highest BCUT2D eigenvalue weighted by atomic mass is 19.1. The molecule has 3 heterocycles. The van der Waals surface area contributed by atoms with Gasteiger partial charge in [0.05, 0.1) is 18.2 Å². The maximum absolute atomic E-state index is 14.9. The summed E-state index contributed by atoms with van der Waals surface area (Å²) >= 11 is 0. The van der Waals surface area contributed by atoms with Crippen molar-refractivity contribution in [1.29, 1.82) is 0 Å². The zero-order chi connectivity index (χ0) is 20.7. The molecule has 0 bridgehead atoms. The van der Waals surface area contributed by atoms with Gasteiger partial charge in [-0.25, -0.2) is 14.2 Å². The molecule has 29 heavy (non-hydrogen) atoms. The highest BCUT2D eigenvalue weighted by Gasteiger charge is 2.23. The number of rotatable bonds is 4. The second kappa shape index (κ2) is 6.93. The number of fused-ring (bicyclic) bond motifs is 1. The van der Waals surface area contributed by atoms with Crippen LogP contribution in [0.1, 0.15) is 20.8 Å². The predicted octanol–water partition coefficient (Wildman–Crippen LogP) is 3.28. The SMILES string of the molecule is COC(=O)c1ccn2c(C=O)c(-c3c(F)cccc3-c3cn(C)nc3F)nc2c1. The van der Waals surface area contributed by atoms with Crippen molar-refractivity contribution in [1.82, 2.24) is 19.2 Å². The summed E-state index contributed by atoms with van der Waals surface area (Å²) < 4.78 is 36.5. The van der Waals surface area contributed by atoms with Crippen molar-refractivity contribution in [3.8, 4) is 22.4 Å². The summed E-state index contributed by atoms with van der Waals surface area (Å²) in [6.45, 7) is 0. The van der Waals surface area contributed by atoms with Crippen molar-refractivity contribution in [3.63, 3.8) is 0 Å². The topological polar surface area (TPSA) is 78.5 Å². The Bertz CT molecular complexity index is 1280. The minimum Gasteiger partial charge on any atom is -0.465 e. The van der Waals surface area contributed by atoms with Gasteiger partial charge in [0.2, 0.25) is 5.95 Å². The summed E-state index contributed by atoms with van der Waals surface area (Å²) in [5.74, 6) is -2.03. The number of benzene rings is 1. The third-order valence-corrected chi connectivity index (χ3v) is 4.52. The van der Waals surface area contributed by atoms with Gasteiger partial charge in [0, 0.05) is 30.6 Å². The Morgan fingerprint density at radius 3 is 2.66 bits per heavy atom. The number of pyridine rings is 1. The van der Waals surface area contributed by atoms with Gasteiger partial charge in [0.25, 0.3) is 0 Å². The van der Waals surface area contributed by atoms with E-state index in [4.69, 9.17) is 0 Å². The van der Waals surface area contributed by atoms with Crippen molar-refractivity contribution in [3.05, 3.63) is 65.7 Å². The van der Waals surface area contributed by atoms with E-state index >= 15 is 0 Å². The number of carbonyl (C=O) groups excluding carboxylic acids is 2. The average molecular weight is 396 g/mol. The lowest BCUT2D eigenvalue weighted by atomic mass is 9.98. The van der Waals surface area contributed by atoms with E-state index in [2.05, 4.69) is 14.8 Å². The normalized spacial score (nSPS) is 11.0. The maximum atomic E-state index is 14.9. The minimum absolute atomic E-state index is 0.0263. The highest BCUT2D eigenvalue weighted by Crippen LogP contribution is 2.36. The molecule has 0 aliphatic rings. The maximum Gasteiger partial charge on any atom is 0.338 e. The van der Waals surface area contributed by atoms with Crippen molar-refractivity contribution in [2.45, 2.75) is 0 Å². The summed E-state index contributed by atoms with van der Waals surface area (Å²) in [5, 5.41) is 3.66. The molecular formula is C20H14F2N4O3. The smallest absolute Gasteiger partial charge is 0.338 e. The van der Waals surface area contributed by atoms with Crippen LogP contribution in [0.3, 0.4) is 0 Å². The first kappa shape index (κ1) is 18.5. The second-order valence-corrected chi connectivity index (χ2v) is 6.27. The molecule has 146 valence electrons. The third kappa shape index (κ3) is 2.96. The van der Waals surface area contributed by atoms with Gasteiger partial charge in [-0.1, -0.05) is 12.1 Å². The van der Waals surface area contributed by atoms with Gasteiger partial charge in [-0.05, 0) is 18.2 Å². The standard InChI is InChI=1S/C20H14F2N4O3/c1-25-9-13(19(22)24-25)12-4-3-5-14(21)17(12)18-15(10-27)26-7-6-11(20(28)29-2)8-16(26)23-18/h3-10H,1-2H3. The van der Waals surface area contributed by atoms with Crippen LogP contribution in [0.25, 0.3) is 28.0 Å². The summed E-state index contributed by atoms with van der Waals surface area (Å²) in [6.07, 6.45) is 3.41. The number of nitrogens with zero attached hydrogens (tertiary/aromatic N) is 4. The molecule has 0 unspecified atom stereocenters. The Morgan fingerprint density at radius 1 is 1.21 bits per heavy atom. The molecule has 9 heteroatoms. The molecular weight excluding hydrogens is 382 g/mol. The van der Waals surface area contributed by atoms with Crippen LogP contribution in [0.2, 0.25) is 0 Å². The first-order valence-corrected chi connectivity index (χ1v) is 8.48. The first-order valence-electron chi connectivity index (χ1n) is 8.48. The molecule has 0 saturated carbocycles. The third-order valence-electron chi connectivity index (χ3n) is 4.52. The van der Waals surface area contributed by atoms with E-state index in [1.807, 2.05) is 0 Å². The molecule has 4 rings (SSSR count). The molecule has 0 spiro atoms. The van der Waals surface area contributed by atoms with E-state index in [9.17, 15) is 18.4 Å². The van der Waals surface area contributed by atoms with Crippen LogP contribution in [-0.4, -0.2) is 38.5 Å². The molecule has 3 aromatic heterocycles. The van der Waals surface area contributed by atoms with E-state index in [1.54, 1.807) is 7.05 Å². The Hall–Kier alpha value is -3.88. The van der Waals surface area contributed by atoms with Gasteiger partial charge in [0.15, 0.2) is 6.29 Å². The van der Waals surface area contributed by atoms with Gasteiger partial charge >= 0.3 is 5.97 Å². The predicted molar refractivity (Wildman–Crippen MR) is 99.5 cm³/mol. The Morgan fingerprint density at radius 2 is 2.00 bits per heavy atom.